The maximum atomic E-state index is 5.77. The van der Waals surface area contributed by atoms with Crippen molar-refractivity contribution in [3.05, 3.63) is 35.9 Å². The van der Waals surface area contributed by atoms with Crippen LogP contribution in [-0.2, 0) is 6.42 Å². The Morgan fingerprint density at radius 2 is 2.00 bits per heavy atom. The quantitative estimate of drug-likeness (QED) is 0.877. The number of hydrogen-bond donors (Lipinski definition) is 1. The highest BCUT2D eigenvalue weighted by Gasteiger charge is 2.13. The Balaban J connectivity index is 2.49. The van der Waals surface area contributed by atoms with Crippen LogP contribution in [0.5, 0.6) is 0 Å². The molecule has 3 nitrogen and oxygen atoms in total. The third-order valence-electron chi connectivity index (χ3n) is 3.46. The van der Waals surface area contributed by atoms with Crippen molar-refractivity contribution in [2.24, 2.45) is 11.7 Å². The Bertz CT molecular complexity index is 563. The molecule has 1 aromatic heterocycles. The minimum atomic E-state index is 0.619. The SMILES string of the molecule is CCN(CC(C)C)c1nc2ccccc2cc1CCN. The van der Waals surface area contributed by atoms with Crippen molar-refractivity contribution in [2.45, 2.75) is 27.2 Å². The Kier molecular flexibility index (Phi) is 4.96. The molecule has 0 aliphatic rings. The maximum Gasteiger partial charge on any atom is 0.132 e. The number of rotatable bonds is 6. The van der Waals surface area contributed by atoms with Gasteiger partial charge in [-0.25, -0.2) is 4.98 Å². The highest BCUT2D eigenvalue weighted by Crippen LogP contribution is 2.24. The van der Waals surface area contributed by atoms with Gasteiger partial charge in [-0.3, -0.25) is 0 Å². The molecule has 0 atom stereocenters. The van der Waals surface area contributed by atoms with Gasteiger partial charge >= 0.3 is 0 Å². The van der Waals surface area contributed by atoms with Crippen LogP contribution in [0.2, 0.25) is 0 Å². The standard InChI is InChI=1S/C17H25N3/c1-4-20(12-13(2)3)17-15(9-10-18)11-14-7-5-6-8-16(14)19-17/h5-8,11,13H,4,9-10,12,18H2,1-3H3. The summed E-state index contributed by atoms with van der Waals surface area (Å²) in [4.78, 5) is 7.25. The summed E-state index contributed by atoms with van der Waals surface area (Å²) in [6, 6.07) is 10.5. The Labute approximate surface area is 121 Å². The molecule has 0 aliphatic carbocycles. The Hall–Kier alpha value is -1.61. The van der Waals surface area contributed by atoms with Crippen LogP contribution >= 0.6 is 0 Å². The van der Waals surface area contributed by atoms with Gasteiger partial charge in [0, 0.05) is 18.5 Å². The van der Waals surface area contributed by atoms with Crippen molar-refractivity contribution in [1.82, 2.24) is 4.98 Å². The number of nitrogens with two attached hydrogens (primary N) is 1. The zero-order valence-corrected chi connectivity index (χ0v) is 12.8. The van der Waals surface area contributed by atoms with Gasteiger partial charge in [0.05, 0.1) is 5.52 Å². The van der Waals surface area contributed by atoms with Gasteiger partial charge in [-0.2, -0.15) is 0 Å². The van der Waals surface area contributed by atoms with E-state index in [0.29, 0.717) is 12.5 Å². The van der Waals surface area contributed by atoms with Crippen LogP contribution in [0.1, 0.15) is 26.3 Å². The molecule has 0 radical (unpaired) electrons. The fourth-order valence-corrected chi connectivity index (χ4v) is 2.57. The van der Waals surface area contributed by atoms with E-state index in [-0.39, 0.29) is 0 Å². The van der Waals surface area contributed by atoms with E-state index < -0.39 is 0 Å². The molecule has 0 saturated carbocycles. The van der Waals surface area contributed by atoms with Crippen LogP contribution < -0.4 is 10.6 Å². The maximum absolute atomic E-state index is 5.77. The molecule has 0 fully saturated rings. The van der Waals surface area contributed by atoms with E-state index >= 15 is 0 Å². The fraction of sp³-hybridized carbons (Fsp3) is 0.471. The second-order valence-corrected chi connectivity index (χ2v) is 5.63. The van der Waals surface area contributed by atoms with Crippen LogP contribution in [-0.4, -0.2) is 24.6 Å². The first-order chi connectivity index (χ1) is 9.65. The molecule has 108 valence electrons. The number of para-hydroxylation sites is 1. The molecule has 0 bridgehead atoms. The lowest BCUT2D eigenvalue weighted by Crippen LogP contribution is -2.29. The Morgan fingerprint density at radius 3 is 2.65 bits per heavy atom. The van der Waals surface area contributed by atoms with Crippen LogP contribution in [0.15, 0.2) is 30.3 Å². The van der Waals surface area contributed by atoms with E-state index in [1.165, 1.54) is 10.9 Å². The lowest BCUT2D eigenvalue weighted by Gasteiger charge is -2.26. The van der Waals surface area contributed by atoms with Crippen molar-refractivity contribution in [2.75, 3.05) is 24.5 Å². The number of nitrogens with zero attached hydrogens (tertiary/aromatic N) is 2. The normalized spacial score (nSPS) is 11.2. The second-order valence-electron chi connectivity index (χ2n) is 5.63. The first kappa shape index (κ1) is 14.8. The number of hydrogen-bond acceptors (Lipinski definition) is 3. The summed E-state index contributed by atoms with van der Waals surface area (Å²) in [5.74, 6) is 1.72. The first-order valence-corrected chi connectivity index (χ1v) is 7.49. The number of aromatic nitrogens is 1. The van der Waals surface area contributed by atoms with E-state index in [1.807, 2.05) is 6.07 Å². The lowest BCUT2D eigenvalue weighted by atomic mass is 10.1. The molecule has 0 amide bonds. The molecule has 0 unspecified atom stereocenters. The summed E-state index contributed by atoms with van der Waals surface area (Å²) in [6.45, 7) is 9.33. The van der Waals surface area contributed by atoms with Gasteiger partial charge in [0.25, 0.3) is 0 Å². The van der Waals surface area contributed by atoms with Crippen molar-refractivity contribution in [3.8, 4) is 0 Å². The highest BCUT2D eigenvalue weighted by atomic mass is 15.2. The van der Waals surface area contributed by atoms with Crippen molar-refractivity contribution in [1.29, 1.82) is 0 Å². The summed E-state index contributed by atoms with van der Waals surface area (Å²) in [5, 5.41) is 1.19. The summed E-state index contributed by atoms with van der Waals surface area (Å²) in [5.41, 5.74) is 8.09. The molecular weight excluding hydrogens is 246 g/mol. The molecule has 20 heavy (non-hydrogen) atoms. The molecule has 3 heteroatoms. The zero-order valence-electron chi connectivity index (χ0n) is 12.8. The average Bonchev–Trinajstić information content (AvgIpc) is 2.44. The van der Waals surface area contributed by atoms with Crippen LogP contribution in [0.25, 0.3) is 10.9 Å². The predicted molar refractivity (Wildman–Crippen MR) is 87.2 cm³/mol. The molecule has 0 spiro atoms. The smallest absolute Gasteiger partial charge is 0.132 e. The molecule has 0 aliphatic heterocycles. The van der Waals surface area contributed by atoms with Crippen LogP contribution in [0.3, 0.4) is 0 Å². The largest absolute Gasteiger partial charge is 0.356 e. The molecule has 0 saturated heterocycles. The summed E-state index contributed by atoms with van der Waals surface area (Å²) in [6.07, 6.45) is 0.877. The fourth-order valence-electron chi connectivity index (χ4n) is 2.57. The summed E-state index contributed by atoms with van der Waals surface area (Å²) < 4.78 is 0. The van der Waals surface area contributed by atoms with Gasteiger partial charge in [0.15, 0.2) is 0 Å². The van der Waals surface area contributed by atoms with E-state index in [1.54, 1.807) is 0 Å². The molecule has 1 aromatic carbocycles. The van der Waals surface area contributed by atoms with Gasteiger partial charge in [0.2, 0.25) is 0 Å². The van der Waals surface area contributed by atoms with Gasteiger partial charge < -0.3 is 10.6 Å². The highest BCUT2D eigenvalue weighted by molar-refractivity contribution is 5.81. The minimum absolute atomic E-state index is 0.619. The third-order valence-corrected chi connectivity index (χ3v) is 3.46. The Morgan fingerprint density at radius 1 is 1.25 bits per heavy atom. The topological polar surface area (TPSA) is 42.2 Å². The monoisotopic (exact) mass is 271 g/mol. The van der Waals surface area contributed by atoms with E-state index in [2.05, 4.69) is 49.9 Å². The van der Waals surface area contributed by atoms with Crippen molar-refractivity contribution >= 4 is 16.7 Å². The first-order valence-electron chi connectivity index (χ1n) is 7.49. The van der Waals surface area contributed by atoms with E-state index in [9.17, 15) is 0 Å². The van der Waals surface area contributed by atoms with Gasteiger partial charge in [0.1, 0.15) is 5.82 Å². The van der Waals surface area contributed by atoms with Gasteiger partial charge in [-0.15, -0.1) is 0 Å². The molecular formula is C17H25N3. The molecule has 2 N–H and O–H groups in total. The average molecular weight is 271 g/mol. The molecule has 1 heterocycles. The van der Waals surface area contributed by atoms with E-state index in [0.717, 1.165) is 30.8 Å². The van der Waals surface area contributed by atoms with Crippen molar-refractivity contribution < 1.29 is 0 Å². The summed E-state index contributed by atoms with van der Waals surface area (Å²) >= 11 is 0. The van der Waals surface area contributed by atoms with Gasteiger partial charge in [-0.05, 0) is 43.5 Å². The minimum Gasteiger partial charge on any atom is -0.356 e. The third kappa shape index (κ3) is 3.28. The number of benzene rings is 1. The van der Waals surface area contributed by atoms with Crippen molar-refractivity contribution in [3.63, 3.8) is 0 Å². The number of pyridine rings is 1. The second kappa shape index (κ2) is 6.71. The zero-order chi connectivity index (χ0) is 14.5. The van der Waals surface area contributed by atoms with Crippen LogP contribution in [0.4, 0.5) is 5.82 Å². The lowest BCUT2D eigenvalue weighted by molar-refractivity contribution is 0.613. The van der Waals surface area contributed by atoms with E-state index in [4.69, 9.17) is 10.7 Å². The van der Waals surface area contributed by atoms with Gasteiger partial charge in [-0.1, -0.05) is 32.0 Å². The number of fused-ring (bicyclic) bond motifs is 1. The molecule has 2 aromatic rings. The predicted octanol–water partition coefficient (Wildman–Crippen LogP) is 3.22. The number of anilines is 1. The molecule has 2 rings (SSSR count). The van der Waals surface area contributed by atoms with Crippen LogP contribution in [0, 0.1) is 5.92 Å². The summed E-state index contributed by atoms with van der Waals surface area (Å²) in [7, 11) is 0.